The molecule has 0 radical (unpaired) electrons. The van der Waals surface area contributed by atoms with Gasteiger partial charge < -0.3 is 5.73 Å². The predicted octanol–water partition coefficient (Wildman–Crippen LogP) is 0.940. The first-order valence-electron chi connectivity index (χ1n) is 4.01. The molecule has 0 bridgehead atoms. The number of nitrogens with one attached hydrogen (secondary N) is 1. The van der Waals surface area contributed by atoms with Crippen LogP contribution in [-0.4, -0.2) is 19.7 Å². The summed E-state index contributed by atoms with van der Waals surface area (Å²) in [6, 6.07) is 0. The van der Waals surface area contributed by atoms with E-state index in [1.807, 2.05) is 6.92 Å². The van der Waals surface area contributed by atoms with Crippen LogP contribution in [0.15, 0.2) is 0 Å². The standard InChI is InChI=1S/C6H16N2O3P/c1-2-3-6-10-12(9)11-8-5-4-7/h8H,2-7H2,1H3/q+1. The Balaban J connectivity index is 3.10. The Morgan fingerprint density at radius 3 is 2.92 bits per heavy atom. The highest BCUT2D eigenvalue weighted by Gasteiger charge is 2.19. The molecule has 0 spiro atoms. The van der Waals surface area contributed by atoms with Crippen LogP contribution in [0, 0.1) is 0 Å². The van der Waals surface area contributed by atoms with Crippen molar-refractivity contribution in [2.45, 2.75) is 19.8 Å². The zero-order chi connectivity index (χ0) is 9.23. The van der Waals surface area contributed by atoms with Crippen molar-refractivity contribution in [2.24, 2.45) is 5.73 Å². The fourth-order valence-corrected chi connectivity index (χ4v) is 0.995. The highest BCUT2D eigenvalue weighted by Crippen LogP contribution is 2.21. The van der Waals surface area contributed by atoms with Gasteiger partial charge in [-0.15, -0.1) is 10.0 Å². The van der Waals surface area contributed by atoms with E-state index in [0.717, 1.165) is 12.8 Å². The lowest BCUT2D eigenvalue weighted by molar-refractivity contribution is 0.158. The van der Waals surface area contributed by atoms with Gasteiger partial charge in [0.2, 0.25) is 0 Å². The fraction of sp³-hybridized carbons (Fsp3) is 1.00. The van der Waals surface area contributed by atoms with Crippen LogP contribution in [0.25, 0.3) is 0 Å². The zero-order valence-corrected chi connectivity index (χ0v) is 8.18. The molecule has 0 aliphatic rings. The number of hydrogen-bond acceptors (Lipinski definition) is 5. The minimum Gasteiger partial charge on any atom is -0.329 e. The van der Waals surface area contributed by atoms with Crippen molar-refractivity contribution < 1.29 is 13.7 Å². The Labute approximate surface area is 73.5 Å². The summed E-state index contributed by atoms with van der Waals surface area (Å²) in [5.74, 6) is 0. The smallest absolute Gasteiger partial charge is 0.329 e. The number of hydrogen-bond donors (Lipinski definition) is 2. The molecule has 3 N–H and O–H groups in total. The van der Waals surface area contributed by atoms with Gasteiger partial charge in [0.1, 0.15) is 6.61 Å². The van der Waals surface area contributed by atoms with Crippen molar-refractivity contribution in [1.29, 1.82) is 0 Å². The number of unbranched alkanes of at least 4 members (excludes halogenated alkanes) is 1. The van der Waals surface area contributed by atoms with Gasteiger partial charge in [0.15, 0.2) is 0 Å². The molecule has 0 rings (SSSR count). The first kappa shape index (κ1) is 11.9. The highest BCUT2D eigenvalue weighted by molar-refractivity contribution is 7.33. The summed E-state index contributed by atoms with van der Waals surface area (Å²) in [5, 5.41) is 0. The number of rotatable bonds is 8. The largest absolute Gasteiger partial charge is 0.716 e. The maximum atomic E-state index is 10.8. The Morgan fingerprint density at radius 1 is 1.58 bits per heavy atom. The summed E-state index contributed by atoms with van der Waals surface area (Å²) in [6.45, 7) is 3.41. The summed E-state index contributed by atoms with van der Waals surface area (Å²) in [5.41, 5.74) is 7.59. The normalized spacial score (nSPS) is 11.7. The molecule has 0 amide bonds. The van der Waals surface area contributed by atoms with Gasteiger partial charge in [0.25, 0.3) is 0 Å². The molecule has 0 aromatic heterocycles. The third-order valence-corrected chi connectivity index (χ3v) is 1.75. The van der Waals surface area contributed by atoms with Gasteiger partial charge in [-0.2, -0.15) is 0 Å². The topological polar surface area (TPSA) is 73.6 Å². The van der Waals surface area contributed by atoms with E-state index in [1.165, 1.54) is 0 Å². The van der Waals surface area contributed by atoms with E-state index in [1.54, 1.807) is 0 Å². The second kappa shape index (κ2) is 9.03. The maximum absolute atomic E-state index is 10.8. The molecule has 0 fully saturated rings. The van der Waals surface area contributed by atoms with Crippen LogP contribution in [0.3, 0.4) is 0 Å². The SMILES string of the molecule is CCCCO[P+](=O)ONCCN. The molecule has 5 nitrogen and oxygen atoms in total. The van der Waals surface area contributed by atoms with E-state index in [9.17, 15) is 4.57 Å². The second-order valence-corrected chi connectivity index (χ2v) is 3.07. The summed E-state index contributed by atoms with van der Waals surface area (Å²) in [6.07, 6.45) is 1.90. The summed E-state index contributed by atoms with van der Waals surface area (Å²) in [4.78, 5) is 0. The second-order valence-electron chi connectivity index (χ2n) is 2.18. The Morgan fingerprint density at radius 2 is 2.33 bits per heavy atom. The van der Waals surface area contributed by atoms with Crippen molar-refractivity contribution in [3.63, 3.8) is 0 Å². The lowest BCUT2D eigenvalue weighted by Gasteiger charge is -1.91. The van der Waals surface area contributed by atoms with Gasteiger partial charge >= 0.3 is 8.25 Å². The molecule has 72 valence electrons. The molecule has 0 aromatic rings. The van der Waals surface area contributed by atoms with Crippen molar-refractivity contribution in [3.8, 4) is 0 Å². The first-order valence-corrected chi connectivity index (χ1v) is 5.10. The first-order chi connectivity index (χ1) is 5.81. The van der Waals surface area contributed by atoms with Crippen LogP contribution < -0.4 is 11.2 Å². The van der Waals surface area contributed by atoms with Crippen molar-refractivity contribution >= 4 is 8.25 Å². The van der Waals surface area contributed by atoms with Gasteiger partial charge in [-0.05, 0) is 11.0 Å². The lowest BCUT2D eigenvalue weighted by Crippen LogP contribution is -2.20. The number of nitrogens with two attached hydrogens (primary N) is 1. The number of hydroxylamine groups is 1. The maximum Gasteiger partial charge on any atom is 0.716 e. The van der Waals surface area contributed by atoms with Gasteiger partial charge in [0.05, 0.1) is 0 Å². The van der Waals surface area contributed by atoms with Crippen molar-refractivity contribution in [3.05, 3.63) is 0 Å². The van der Waals surface area contributed by atoms with Crippen LogP contribution in [0.5, 0.6) is 0 Å². The lowest BCUT2D eigenvalue weighted by atomic mass is 10.4. The van der Waals surface area contributed by atoms with E-state index in [2.05, 4.69) is 10.1 Å². The van der Waals surface area contributed by atoms with Crippen LogP contribution in [-0.2, 0) is 13.7 Å². The van der Waals surface area contributed by atoms with Gasteiger partial charge in [-0.3, -0.25) is 0 Å². The molecule has 0 saturated heterocycles. The van der Waals surface area contributed by atoms with Crippen LogP contribution in [0.1, 0.15) is 19.8 Å². The molecule has 0 saturated carbocycles. The monoisotopic (exact) mass is 195 g/mol. The molecule has 0 heterocycles. The average molecular weight is 195 g/mol. The zero-order valence-electron chi connectivity index (χ0n) is 7.28. The molecule has 1 atom stereocenters. The molecule has 1 unspecified atom stereocenters. The van der Waals surface area contributed by atoms with Crippen LogP contribution in [0.4, 0.5) is 0 Å². The van der Waals surface area contributed by atoms with Crippen molar-refractivity contribution in [1.82, 2.24) is 5.48 Å². The fourth-order valence-electron chi connectivity index (χ4n) is 0.467. The summed E-state index contributed by atoms with van der Waals surface area (Å²) in [7, 11) is -2.02. The van der Waals surface area contributed by atoms with E-state index in [-0.39, 0.29) is 0 Å². The molecule has 0 aliphatic heterocycles. The van der Waals surface area contributed by atoms with E-state index in [0.29, 0.717) is 19.7 Å². The Kier molecular flexibility index (Phi) is 8.99. The van der Waals surface area contributed by atoms with E-state index in [4.69, 9.17) is 10.3 Å². The molecular formula is C6H16N2O3P+. The van der Waals surface area contributed by atoms with Gasteiger partial charge in [0, 0.05) is 17.7 Å². The highest BCUT2D eigenvalue weighted by atomic mass is 31.1. The van der Waals surface area contributed by atoms with Gasteiger partial charge in [-0.25, -0.2) is 0 Å². The van der Waals surface area contributed by atoms with Crippen LogP contribution in [0.2, 0.25) is 0 Å². The minimum atomic E-state index is -2.02. The molecule has 6 heteroatoms. The molecule has 0 aromatic carbocycles. The van der Waals surface area contributed by atoms with Crippen LogP contribution >= 0.6 is 8.25 Å². The summed E-state index contributed by atoms with van der Waals surface area (Å²) >= 11 is 0. The van der Waals surface area contributed by atoms with Gasteiger partial charge in [-0.1, -0.05) is 13.3 Å². The predicted molar refractivity (Wildman–Crippen MR) is 46.6 cm³/mol. The Hall–Kier alpha value is -0.0600. The Bertz CT molecular complexity index is 111. The quantitative estimate of drug-likeness (QED) is 0.342. The molecule has 12 heavy (non-hydrogen) atoms. The average Bonchev–Trinajstić information content (AvgIpc) is 2.06. The molecular weight excluding hydrogens is 179 g/mol. The third kappa shape index (κ3) is 8.04. The third-order valence-electron chi connectivity index (χ3n) is 1.08. The summed E-state index contributed by atoms with van der Waals surface area (Å²) < 4.78 is 20.2. The molecule has 0 aliphatic carbocycles. The van der Waals surface area contributed by atoms with E-state index < -0.39 is 8.25 Å². The minimum absolute atomic E-state index is 0.443. The van der Waals surface area contributed by atoms with E-state index >= 15 is 0 Å². The van der Waals surface area contributed by atoms with Crippen molar-refractivity contribution in [2.75, 3.05) is 19.7 Å².